The van der Waals surface area contributed by atoms with Crippen LogP contribution < -0.4 is 4.74 Å². The average Bonchev–Trinajstić information content (AvgIpc) is 2.16. The number of hydrogen-bond acceptors (Lipinski definition) is 1. The zero-order valence-corrected chi connectivity index (χ0v) is 10.9. The molecule has 0 amide bonds. The van der Waals surface area contributed by atoms with E-state index < -0.39 is 0 Å². The Kier molecular flexibility index (Phi) is 5.07. The van der Waals surface area contributed by atoms with Crippen LogP contribution in [0.2, 0.25) is 10.0 Å². The molecule has 1 nitrogen and oxygen atoms in total. The Morgan fingerprint density at radius 2 is 2.14 bits per heavy atom. The first-order valence-corrected chi connectivity index (χ1v) is 6.15. The summed E-state index contributed by atoms with van der Waals surface area (Å²) in [5.41, 5.74) is 0. The number of alkyl halides is 1. The van der Waals surface area contributed by atoms with Gasteiger partial charge < -0.3 is 4.74 Å². The molecule has 1 aromatic carbocycles. The maximum absolute atomic E-state index is 5.94. The second kappa shape index (κ2) is 5.84. The lowest BCUT2D eigenvalue weighted by Gasteiger charge is -2.11. The van der Waals surface area contributed by atoms with Crippen LogP contribution in [-0.2, 0) is 0 Å². The number of halogens is 3. The summed E-state index contributed by atoms with van der Waals surface area (Å²) in [4.78, 5) is 0. The van der Waals surface area contributed by atoms with E-state index in [1.807, 2.05) is 0 Å². The highest BCUT2D eigenvalue weighted by Gasteiger charge is 2.05. The van der Waals surface area contributed by atoms with Crippen molar-refractivity contribution in [3.8, 4) is 5.75 Å². The molecular formula is C10H11BrCl2O. The second-order valence-electron chi connectivity index (χ2n) is 3.15. The molecule has 0 aliphatic rings. The van der Waals surface area contributed by atoms with Gasteiger partial charge in [-0.2, -0.15) is 0 Å². The van der Waals surface area contributed by atoms with Crippen LogP contribution in [0.3, 0.4) is 0 Å². The van der Waals surface area contributed by atoms with E-state index in [2.05, 4.69) is 22.9 Å². The minimum atomic E-state index is 0.460. The molecule has 0 aliphatic heterocycles. The van der Waals surface area contributed by atoms with Gasteiger partial charge in [0.2, 0.25) is 0 Å². The highest BCUT2D eigenvalue weighted by molar-refractivity contribution is 9.09. The average molecular weight is 298 g/mol. The smallest absolute Gasteiger partial charge is 0.137 e. The first-order valence-electron chi connectivity index (χ1n) is 4.27. The first-order chi connectivity index (χ1) is 6.63. The lowest BCUT2D eigenvalue weighted by Crippen LogP contribution is -2.09. The van der Waals surface area contributed by atoms with Crippen LogP contribution in [0.4, 0.5) is 0 Å². The molecule has 1 unspecified atom stereocenters. The molecule has 0 aromatic heterocycles. The fourth-order valence-electron chi connectivity index (χ4n) is 0.869. The van der Waals surface area contributed by atoms with E-state index in [0.29, 0.717) is 28.3 Å². The van der Waals surface area contributed by atoms with Gasteiger partial charge in [-0.15, -0.1) is 0 Å². The van der Waals surface area contributed by atoms with Gasteiger partial charge >= 0.3 is 0 Å². The molecule has 0 spiro atoms. The monoisotopic (exact) mass is 296 g/mol. The maximum Gasteiger partial charge on any atom is 0.137 e. The SMILES string of the molecule is CC(CBr)COc1ccc(Cl)cc1Cl. The summed E-state index contributed by atoms with van der Waals surface area (Å²) in [6, 6.07) is 5.23. The predicted molar refractivity (Wildman–Crippen MR) is 64.9 cm³/mol. The van der Waals surface area contributed by atoms with Gasteiger partial charge in [-0.05, 0) is 24.1 Å². The highest BCUT2D eigenvalue weighted by Crippen LogP contribution is 2.27. The van der Waals surface area contributed by atoms with Crippen molar-refractivity contribution >= 4 is 39.1 Å². The van der Waals surface area contributed by atoms with Crippen LogP contribution in [0, 0.1) is 5.92 Å². The Hall–Kier alpha value is 0.0800. The van der Waals surface area contributed by atoms with Crippen molar-refractivity contribution in [2.45, 2.75) is 6.92 Å². The summed E-state index contributed by atoms with van der Waals surface area (Å²) >= 11 is 15.1. The van der Waals surface area contributed by atoms with Crippen LogP contribution in [0.25, 0.3) is 0 Å². The van der Waals surface area contributed by atoms with Gasteiger partial charge in [-0.25, -0.2) is 0 Å². The molecule has 4 heteroatoms. The molecule has 0 saturated carbocycles. The van der Waals surface area contributed by atoms with Crippen LogP contribution >= 0.6 is 39.1 Å². The van der Waals surface area contributed by atoms with Crippen LogP contribution in [0.1, 0.15) is 6.92 Å². The molecule has 1 rings (SSSR count). The number of ether oxygens (including phenoxy) is 1. The van der Waals surface area contributed by atoms with Gasteiger partial charge in [0.25, 0.3) is 0 Å². The molecule has 1 atom stereocenters. The molecule has 1 aromatic rings. The molecule has 78 valence electrons. The maximum atomic E-state index is 5.94. The van der Waals surface area contributed by atoms with Gasteiger partial charge in [-0.3, -0.25) is 0 Å². The van der Waals surface area contributed by atoms with Gasteiger partial charge in [-0.1, -0.05) is 46.1 Å². The molecule has 0 fully saturated rings. The molecule has 0 aliphatic carbocycles. The largest absolute Gasteiger partial charge is 0.492 e. The standard InChI is InChI=1S/C10H11BrCl2O/c1-7(5-11)6-14-10-3-2-8(12)4-9(10)13/h2-4,7H,5-6H2,1H3. The summed E-state index contributed by atoms with van der Waals surface area (Å²) in [5.74, 6) is 1.14. The van der Waals surface area contributed by atoms with Gasteiger partial charge in [0, 0.05) is 10.4 Å². The van der Waals surface area contributed by atoms with Gasteiger partial charge in [0.05, 0.1) is 11.6 Å². The molecule has 14 heavy (non-hydrogen) atoms. The fourth-order valence-corrected chi connectivity index (χ4v) is 1.52. The summed E-state index contributed by atoms with van der Waals surface area (Å²) in [5, 5.41) is 2.09. The molecule has 0 heterocycles. The Morgan fingerprint density at radius 3 is 2.71 bits per heavy atom. The zero-order chi connectivity index (χ0) is 10.6. The third kappa shape index (κ3) is 3.68. The Balaban J connectivity index is 2.59. The third-order valence-electron chi connectivity index (χ3n) is 1.68. The second-order valence-corrected chi connectivity index (χ2v) is 4.64. The normalized spacial score (nSPS) is 12.6. The molecule has 0 bridgehead atoms. The molecule has 0 radical (unpaired) electrons. The van der Waals surface area contributed by atoms with Crippen molar-refractivity contribution < 1.29 is 4.74 Å². The Labute approximate surface area is 102 Å². The van der Waals surface area contributed by atoms with Crippen molar-refractivity contribution in [1.29, 1.82) is 0 Å². The van der Waals surface area contributed by atoms with Crippen molar-refractivity contribution in [2.75, 3.05) is 11.9 Å². The molecular weight excluding hydrogens is 287 g/mol. The zero-order valence-electron chi connectivity index (χ0n) is 7.77. The summed E-state index contributed by atoms with van der Waals surface area (Å²) in [6.45, 7) is 2.74. The fraction of sp³-hybridized carbons (Fsp3) is 0.400. The number of rotatable bonds is 4. The minimum Gasteiger partial charge on any atom is -0.492 e. The number of hydrogen-bond donors (Lipinski definition) is 0. The van der Waals surface area contributed by atoms with E-state index >= 15 is 0 Å². The van der Waals surface area contributed by atoms with Crippen molar-refractivity contribution in [3.05, 3.63) is 28.2 Å². The molecule has 0 N–H and O–H groups in total. The van der Waals surface area contributed by atoms with E-state index in [9.17, 15) is 0 Å². The Bertz CT molecular complexity index is 304. The lowest BCUT2D eigenvalue weighted by atomic mass is 10.2. The van der Waals surface area contributed by atoms with Crippen LogP contribution in [-0.4, -0.2) is 11.9 Å². The van der Waals surface area contributed by atoms with E-state index in [1.54, 1.807) is 18.2 Å². The number of benzene rings is 1. The quantitative estimate of drug-likeness (QED) is 0.748. The summed E-state index contributed by atoms with van der Waals surface area (Å²) in [7, 11) is 0. The third-order valence-corrected chi connectivity index (χ3v) is 3.32. The van der Waals surface area contributed by atoms with Crippen molar-refractivity contribution in [2.24, 2.45) is 5.92 Å². The summed E-state index contributed by atoms with van der Waals surface area (Å²) < 4.78 is 5.52. The van der Waals surface area contributed by atoms with Crippen LogP contribution in [0.5, 0.6) is 5.75 Å². The van der Waals surface area contributed by atoms with E-state index in [-0.39, 0.29) is 0 Å². The van der Waals surface area contributed by atoms with Crippen LogP contribution in [0.15, 0.2) is 18.2 Å². The van der Waals surface area contributed by atoms with E-state index in [1.165, 1.54) is 0 Å². The van der Waals surface area contributed by atoms with Gasteiger partial charge in [0.15, 0.2) is 0 Å². The molecule has 0 saturated heterocycles. The van der Waals surface area contributed by atoms with E-state index in [4.69, 9.17) is 27.9 Å². The topological polar surface area (TPSA) is 9.23 Å². The first kappa shape index (κ1) is 12.2. The summed E-state index contributed by atoms with van der Waals surface area (Å²) in [6.07, 6.45) is 0. The Morgan fingerprint density at radius 1 is 1.43 bits per heavy atom. The highest BCUT2D eigenvalue weighted by atomic mass is 79.9. The van der Waals surface area contributed by atoms with E-state index in [0.717, 1.165) is 5.33 Å². The predicted octanol–water partition coefficient (Wildman–Crippen LogP) is 4.40. The van der Waals surface area contributed by atoms with Crippen molar-refractivity contribution in [1.82, 2.24) is 0 Å². The lowest BCUT2D eigenvalue weighted by molar-refractivity contribution is 0.274. The van der Waals surface area contributed by atoms with Gasteiger partial charge in [0.1, 0.15) is 5.75 Å². The minimum absolute atomic E-state index is 0.460. The van der Waals surface area contributed by atoms with Crippen molar-refractivity contribution in [3.63, 3.8) is 0 Å².